The van der Waals surface area contributed by atoms with Gasteiger partial charge in [-0.3, -0.25) is 0 Å². The molecule has 1 aromatic heterocycles. The zero-order chi connectivity index (χ0) is 15.8. The summed E-state index contributed by atoms with van der Waals surface area (Å²) in [5.74, 6) is -1.19. The number of ether oxygens (including phenoxy) is 3. The molecule has 0 fully saturated rings. The predicted molar refractivity (Wildman–Crippen MR) is 71.0 cm³/mol. The van der Waals surface area contributed by atoms with Crippen LogP contribution in [0.3, 0.4) is 0 Å². The predicted octanol–water partition coefficient (Wildman–Crippen LogP) is -0.465. The Balaban J connectivity index is 2.63. The van der Waals surface area contributed by atoms with E-state index in [1.165, 1.54) is 11.8 Å². The Morgan fingerprint density at radius 3 is 2.62 bits per heavy atom. The van der Waals surface area contributed by atoms with Crippen molar-refractivity contribution < 1.29 is 29.2 Å². The Labute approximate surface area is 122 Å². The van der Waals surface area contributed by atoms with E-state index in [-0.39, 0.29) is 31.6 Å². The molecule has 0 saturated carbocycles. The van der Waals surface area contributed by atoms with Crippen LogP contribution in [0.1, 0.15) is 23.1 Å². The van der Waals surface area contributed by atoms with Gasteiger partial charge in [0.05, 0.1) is 44.3 Å². The van der Waals surface area contributed by atoms with Crippen LogP contribution < -0.4 is 0 Å². The average molecular weight is 303 g/mol. The normalized spacial score (nSPS) is 14.1. The van der Waals surface area contributed by atoms with Crippen molar-refractivity contribution >= 4 is 5.97 Å². The van der Waals surface area contributed by atoms with E-state index in [0.29, 0.717) is 12.3 Å². The molecule has 1 aromatic rings. The molecule has 0 saturated heterocycles. The summed E-state index contributed by atoms with van der Waals surface area (Å²) in [4.78, 5) is 11.0. The third kappa shape index (κ3) is 5.38. The summed E-state index contributed by atoms with van der Waals surface area (Å²) in [6.45, 7) is 2.44. The summed E-state index contributed by atoms with van der Waals surface area (Å²) in [6, 6.07) is 0. The van der Waals surface area contributed by atoms with Crippen molar-refractivity contribution in [3.05, 3.63) is 11.4 Å². The molecule has 0 aliphatic heterocycles. The average Bonchev–Trinajstić information content (AvgIpc) is 2.80. The van der Waals surface area contributed by atoms with Gasteiger partial charge in [-0.15, -0.1) is 5.10 Å². The lowest BCUT2D eigenvalue weighted by molar-refractivity contribution is -0.0369. The zero-order valence-electron chi connectivity index (χ0n) is 12.4. The number of carboxylic acids is 1. The highest BCUT2D eigenvalue weighted by atomic mass is 16.5. The Morgan fingerprint density at radius 2 is 2.05 bits per heavy atom. The van der Waals surface area contributed by atoms with Gasteiger partial charge >= 0.3 is 5.97 Å². The third-order valence-corrected chi connectivity index (χ3v) is 2.68. The first-order valence-corrected chi connectivity index (χ1v) is 6.42. The second-order valence-electron chi connectivity index (χ2n) is 4.56. The van der Waals surface area contributed by atoms with Gasteiger partial charge in [-0.25, -0.2) is 9.48 Å². The van der Waals surface area contributed by atoms with Gasteiger partial charge in [-0.05, 0) is 6.92 Å². The number of hydrogen-bond acceptors (Lipinski definition) is 7. The number of carbonyl (C=O) groups is 1. The Hall–Kier alpha value is -1.55. The molecule has 0 radical (unpaired) electrons. The van der Waals surface area contributed by atoms with Crippen LogP contribution in [0, 0.1) is 0 Å². The summed E-state index contributed by atoms with van der Waals surface area (Å²) in [7, 11) is 3.01. The number of hydrogen-bond donors (Lipinski definition) is 2. The molecule has 2 unspecified atom stereocenters. The summed E-state index contributed by atoms with van der Waals surface area (Å²) in [6.07, 6.45) is -0.989. The maximum Gasteiger partial charge on any atom is 0.358 e. The topological polar surface area (TPSA) is 116 Å². The van der Waals surface area contributed by atoms with Crippen LogP contribution in [0.5, 0.6) is 0 Å². The first-order chi connectivity index (χ1) is 9.99. The van der Waals surface area contributed by atoms with Crippen LogP contribution in [-0.4, -0.2) is 70.8 Å². The van der Waals surface area contributed by atoms with E-state index in [1.54, 1.807) is 7.11 Å². The van der Waals surface area contributed by atoms with E-state index in [4.69, 9.17) is 19.3 Å². The van der Waals surface area contributed by atoms with Crippen molar-refractivity contribution in [2.75, 3.05) is 27.4 Å². The van der Waals surface area contributed by atoms with Crippen molar-refractivity contribution in [1.29, 1.82) is 0 Å². The van der Waals surface area contributed by atoms with E-state index in [1.807, 2.05) is 6.92 Å². The van der Waals surface area contributed by atoms with E-state index in [0.717, 1.165) is 0 Å². The van der Waals surface area contributed by atoms with Crippen molar-refractivity contribution in [2.24, 2.45) is 0 Å². The standard InChI is InChI=1S/C12H21N3O6/c1-8(5-19-2)21-6-9(16)4-15-10(7-20-3)11(12(17)18)13-14-15/h8-9,16H,4-7H2,1-3H3,(H,17,18). The quantitative estimate of drug-likeness (QED) is 0.596. The van der Waals surface area contributed by atoms with Crippen molar-refractivity contribution in [1.82, 2.24) is 15.0 Å². The highest BCUT2D eigenvalue weighted by Crippen LogP contribution is 2.08. The number of aliphatic hydroxyl groups is 1. The lowest BCUT2D eigenvalue weighted by Crippen LogP contribution is -2.27. The van der Waals surface area contributed by atoms with Gasteiger partial charge in [0.25, 0.3) is 0 Å². The van der Waals surface area contributed by atoms with Gasteiger partial charge in [-0.2, -0.15) is 0 Å². The first-order valence-electron chi connectivity index (χ1n) is 6.42. The van der Waals surface area contributed by atoms with Crippen LogP contribution >= 0.6 is 0 Å². The van der Waals surface area contributed by atoms with Crippen LogP contribution in [0.15, 0.2) is 0 Å². The molecule has 2 atom stereocenters. The zero-order valence-corrected chi connectivity index (χ0v) is 12.4. The number of aliphatic hydroxyl groups excluding tert-OH is 1. The molecule has 0 aliphatic rings. The SMILES string of the molecule is COCc1c(C(=O)O)nnn1CC(O)COC(C)COC. The van der Waals surface area contributed by atoms with Crippen LogP contribution in [0.4, 0.5) is 0 Å². The molecule has 0 spiro atoms. The molecule has 1 heterocycles. The van der Waals surface area contributed by atoms with Crippen LogP contribution in [-0.2, 0) is 27.4 Å². The second kappa shape index (κ2) is 8.67. The maximum atomic E-state index is 11.0. The van der Waals surface area contributed by atoms with Gasteiger partial charge in [-0.1, -0.05) is 5.21 Å². The molecular formula is C12H21N3O6. The molecule has 21 heavy (non-hydrogen) atoms. The number of aromatic nitrogens is 3. The minimum absolute atomic E-state index is 0.0439. The maximum absolute atomic E-state index is 11.0. The van der Waals surface area contributed by atoms with E-state index < -0.39 is 12.1 Å². The first kappa shape index (κ1) is 17.5. The lowest BCUT2D eigenvalue weighted by Gasteiger charge is -2.16. The van der Waals surface area contributed by atoms with Gasteiger partial charge in [0.1, 0.15) is 0 Å². The fourth-order valence-electron chi connectivity index (χ4n) is 1.74. The highest BCUT2D eigenvalue weighted by molar-refractivity contribution is 5.86. The van der Waals surface area contributed by atoms with Gasteiger partial charge in [0.15, 0.2) is 5.69 Å². The van der Waals surface area contributed by atoms with E-state index in [2.05, 4.69) is 10.3 Å². The minimum Gasteiger partial charge on any atom is -0.476 e. The smallest absolute Gasteiger partial charge is 0.358 e. The molecule has 0 amide bonds. The van der Waals surface area contributed by atoms with Gasteiger partial charge in [0.2, 0.25) is 0 Å². The molecule has 0 aromatic carbocycles. The lowest BCUT2D eigenvalue weighted by atomic mass is 10.3. The summed E-state index contributed by atoms with van der Waals surface area (Å²) in [5, 5.41) is 26.2. The summed E-state index contributed by atoms with van der Waals surface area (Å²) in [5.41, 5.74) is 0.117. The summed E-state index contributed by atoms with van der Waals surface area (Å²) < 4.78 is 16.5. The number of methoxy groups -OCH3 is 2. The Morgan fingerprint density at radius 1 is 1.33 bits per heavy atom. The molecule has 2 N–H and O–H groups in total. The highest BCUT2D eigenvalue weighted by Gasteiger charge is 2.20. The molecule has 9 heteroatoms. The van der Waals surface area contributed by atoms with Crippen molar-refractivity contribution in [2.45, 2.75) is 32.3 Å². The molecule has 9 nitrogen and oxygen atoms in total. The van der Waals surface area contributed by atoms with Crippen molar-refractivity contribution in [3.8, 4) is 0 Å². The summed E-state index contributed by atoms with van der Waals surface area (Å²) >= 11 is 0. The largest absolute Gasteiger partial charge is 0.476 e. The van der Waals surface area contributed by atoms with Crippen molar-refractivity contribution in [3.63, 3.8) is 0 Å². The second-order valence-corrected chi connectivity index (χ2v) is 4.56. The van der Waals surface area contributed by atoms with Gasteiger partial charge in [0, 0.05) is 14.2 Å². The third-order valence-electron chi connectivity index (χ3n) is 2.68. The Kier molecular flexibility index (Phi) is 7.23. The Bertz CT molecular complexity index is 450. The molecular weight excluding hydrogens is 282 g/mol. The fourth-order valence-corrected chi connectivity index (χ4v) is 1.74. The number of carboxylic acid groups (broad SMARTS) is 1. The number of aromatic carboxylic acids is 1. The van der Waals surface area contributed by atoms with E-state index in [9.17, 15) is 9.90 Å². The van der Waals surface area contributed by atoms with Crippen LogP contribution in [0.25, 0.3) is 0 Å². The molecule has 120 valence electrons. The molecule has 0 bridgehead atoms. The molecule has 0 aliphatic carbocycles. The number of rotatable bonds is 10. The monoisotopic (exact) mass is 303 g/mol. The van der Waals surface area contributed by atoms with Crippen LogP contribution in [0.2, 0.25) is 0 Å². The molecule has 1 rings (SSSR count). The minimum atomic E-state index is -1.19. The fraction of sp³-hybridized carbons (Fsp3) is 0.750. The van der Waals surface area contributed by atoms with Gasteiger partial charge < -0.3 is 24.4 Å². The number of nitrogens with zero attached hydrogens (tertiary/aromatic N) is 3. The van der Waals surface area contributed by atoms with E-state index >= 15 is 0 Å².